The van der Waals surface area contributed by atoms with Crippen molar-refractivity contribution in [1.82, 2.24) is 9.88 Å². The number of hydrogen-bond donors (Lipinski definition) is 0. The fraction of sp³-hybridized carbons (Fsp3) is 0.375. The second-order valence-corrected chi connectivity index (χ2v) is 6.45. The molecule has 24 heavy (non-hydrogen) atoms. The summed E-state index contributed by atoms with van der Waals surface area (Å²) < 4.78 is 10.4. The van der Waals surface area contributed by atoms with Crippen LogP contribution in [0.4, 0.5) is 0 Å². The highest BCUT2D eigenvalue weighted by Gasteiger charge is 2.27. The summed E-state index contributed by atoms with van der Waals surface area (Å²) >= 11 is 1.09. The lowest BCUT2D eigenvalue weighted by Crippen LogP contribution is -2.45. The number of aromatic nitrogens is 1. The molecule has 8 heteroatoms. The summed E-state index contributed by atoms with van der Waals surface area (Å²) in [5, 5.41) is 9.35. The zero-order valence-electron chi connectivity index (χ0n) is 13.6. The summed E-state index contributed by atoms with van der Waals surface area (Å²) in [6, 6.07) is 9.29. The second-order valence-electron chi connectivity index (χ2n) is 5.52. The van der Waals surface area contributed by atoms with Gasteiger partial charge in [-0.2, -0.15) is 5.26 Å². The van der Waals surface area contributed by atoms with Gasteiger partial charge in [-0.15, -0.1) is 0 Å². The highest BCUT2D eigenvalue weighted by Crippen LogP contribution is 2.23. The number of rotatable bonds is 6. The quantitative estimate of drug-likeness (QED) is 0.584. The molecule has 0 fully saturated rings. The van der Waals surface area contributed by atoms with Crippen LogP contribution in [0.5, 0.6) is 0 Å². The number of likely N-dealkylation sites (N-methyl/N-ethyl adjacent to an activating group) is 1. The minimum atomic E-state index is -0.962. The first kappa shape index (κ1) is 17.8. The molecule has 0 unspecified atom stereocenters. The van der Waals surface area contributed by atoms with E-state index in [0.717, 1.165) is 11.8 Å². The van der Waals surface area contributed by atoms with E-state index in [1.54, 1.807) is 19.9 Å². The van der Waals surface area contributed by atoms with Crippen LogP contribution in [0.2, 0.25) is 0 Å². The topological polar surface area (TPSA) is 96.4 Å². The average Bonchev–Trinajstić information content (AvgIpc) is 3.00. The number of nitrogens with zero attached hydrogens (tertiary/aromatic N) is 3. The largest absolute Gasteiger partial charge is 0.455 e. The molecule has 1 aromatic heterocycles. The molecule has 1 heterocycles. The number of benzene rings is 1. The van der Waals surface area contributed by atoms with Crippen LogP contribution >= 0.6 is 11.8 Å². The number of oxazole rings is 1. The molecule has 2 rings (SSSR count). The van der Waals surface area contributed by atoms with Gasteiger partial charge in [0.25, 0.3) is 11.1 Å². The Labute approximate surface area is 143 Å². The Bertz CT molecular complexity index is 761. The van der Waals surface area contributed by atoms with Crippen molar-refractivity contribution < 1.29 is 18.7 Å². The lowest BCUT2D eigenvalue weighted by Gasteiger charge is -2.28. The number of fused-ring (bicyclic) bond motifs is 1. The Balaban J connectivity index is 1.81. The molecule has 126 valence electrons. The van der Waals surface area contributed by atoms with Crippen LogP contribution in [0.3, 0.4) is 0 Å². The van der Waals surface area contributed by atoms with E-state index < -0.39 is 24.0 Å². The molecule has 0 N–H and O–H groups in total. The van der Waals surface area contributed by atoms with Gasteiger partial charge >= 0.3 is 5.97 Å². The van der Waals surface area contributed by atoms with Gasteiger partial charge in [0.05, 0.1) is 6.07 Å². The minimum Gasteiger partial charge on any atom is -0.455 e. The molecule has 0 aliphatic carbocycles. The lowest BCUT2D eigenvalue weighted by molar-refractivity contribution is -0.150. The molecule has 0 saturated carbocycles. The van der Waals surface area contributed by atoms with Crippen molar-refractivity contribution in [2.75, 3.05) is 19.4 Å². The van der Waals surface area contributed by atoms with Crippen LogP contribution in [0.1, 0.15) is 13.8 Å². The van der Waals surface area contributed by atoms with E-state index in [2.05, 4.69) is 4.98 Å². The van der Waals surface area contributed by atoms with Crippen LogP contribution in [-0.2, 0) is 14.3 Å². The molecule has 0 aliphatic rings. The van der Waals surface area contributed by atoms with Crippen LogP contribution in [-0.4, -0.2) is 46.7 Å². The Hall–Kier alpha value is -2.53. The van der Waals surface area contributed by atoms with Gasteiger partial charge in [0, 0.05) is 7.05 Å². The number of esters is 1. The van der Waals surface area contributed by atoms with E-state index in [0.29, 0.717) is 16.3 Å². The third-order valence-corrected chi connectivity index (χ3v) is 4.23. The van der Waals surface area contributed by atoms with E-state index in [4.69, 9.17) is 14.4 Å². The molecule has 0 saturated heterocycles. The number of carbonyl (C=O) groups excluding carboxylic acids is 2. The van der Waals surface area contributed by atoms with E-state index in [9.17, 15) is 9.59 Å². The van der Waals surface area contributed by atoms with Crippen molar-refractivity contribution in [3.63, 3.8) is 0 Å². The summed E-state index contributed by atoms with van der Waals surface area (Å²) in [4.78, 5) is 29.1. The zero-order chi connectivity index (χ0) is 17.7. The molecular formula is C16H17N3O4S. The van der Waals surface area contributed by atoms with Crippen molar-refractivity contribution in [1.29, 1.82) is 5.26 Å². The molecular weight excluding hydrogens is 330 g/mol. The summed E-state index contributed by atoms with van der Waals surface area (Å²) in [5.41, 5.74) is 0.393. The molecule has 2 aromatic rings. The SMILES string of the molecule is CN(C(=O)COC(=O)CSc1nc2ccccc2o1)C(C)(C)C#N. The van der Waals surface area contributed by atoms with Crippen LogP contribution < -0.4 is 0 Å². The molecule has 0 atom stereocenters. The highest BCUT2D eigenvalue weighted by atomic mass is 32.2. The molecule has 0 spiro atoms. The van der Waals surface area contributed by atoms with Gasteiger partial charge in [0.2, 0.25) is 0 Å². The number of thioether (sulfide) groups is 1. The first-order chi connectivity index (χ1) is 11.3. The van der Waals surface area contributed by atoms with Gasteiger partial charge in [0.1, 0.15) is 16.8 Å². The highest BCUT2D eigenvalue weighted by molar-refractivity contribution is 7.99. The van der Waals surface area contributed by atoms with Gasteiger partial charge in [-0.3, -0.25) is 9.59 Å². The fourth-order valence-electron chi connectivity index (χ4n) is 1.70. The van der Waals surface area contributed by atoms with Crippen molar-refractivity contribution in [2.24, 2.45) is 0 Å². The monoisotopic (exact) mass is 347 g/mol. The number of para-hydroxylation sites is 2. The Morgan fingerprint density at radius 2 is 2.12 bits per heavy atom. The summed E-state index contributed by atoms with van der Waals surface area (Å²) in [5.74, 6) is -1.02. The first-order valence-electron chi connectivity index (χ1n) is 7.15. The third-order valence-electron chi connectivity index (χ3n) is 3.43. The third kappa shape index (κ3) is 4.26. The predicted molar refractivity (Wildman–Crippen MR) is 88.2 cm³/mol. The van der Waals surface area contributed by atoms with Crippen molar-refractivity contribution in [2.45, 2.75) is 24.6 Å². The number of nitriles is 1. The maximum absolute atomic E-state index is 11.9. The van der Waals surface area contributed by atoms with E-state index >= 15 is 0 Å². The average molecular weight is 347 g/mol. The molecule has 0 bridgehead atoms. The van der Waals surface area contributed by atoms with E-state index in [1.807, 2.05) is 24.3 Å². The normalized spacial score (nSPS) is 11.1. The summed E-state index contributed by atoms with van der Waals surface area (Å²) in [7, 11) is 1.49. The molecule has 1 amide bonds. The molecule has 7 nitrogen and oxygen atoms in total. The second kappa shape index (κ2) is 7.36. The Morgan fingerprint density at radius 1 is 1.42 bits per heavy atom. The number of amides is 1. The van der Waals surface area contributed by atoms with Crippen LogP contribution in [0.15, 0.2) is 33.9 Å². The molecule has 1 aromatic carbocycles. The lowest BCUT2D eigenvalue weighted by atomic mass is 10.1. The van der Waals surface area contributed by atoms with Gasteiger partial charge in [-0.25, -0.2) is 4.98 Å². The molecule has 0 aliphatic heterocycles. The minimum absolute atomic E-state index is 0.0224. The fourth-order valence-corrected chi connectivity index (χ4v) is 2.34. The van der Waals surface area contributed by atoms with Crippen molar-refractivity contribution in [3.05, 3.63) is 24.3 Å². The zero-order valence-corrected chi connectivity index (χ0v) is 14.4. The van der Waals surface area contributed by atoms with Crippen LogP contribution in [0, 0.1) is 11.3 Å². The predicted octanol–water partition coefficient (Wildman–Crippen LogP) is 2.22. The van der Waals surface area contributed by atoms with Crippen molar-refractivity contribution in [3.8, 4) is 6.07 Å². The number of carbonyl (C=O) groups is 2. The summed E-state index contributed by atoms with van der Waals surface area (Å²) in [6.45, 7) is 2.81. The summed E-state index contributed by atoms with van der Waals surface area (Å²) in [6.07, 6.45) is 0. The van der Waals surface area contributed by atoms with Crippen LogP contribution in [0.25, 0.3) is 11.1 Å². The Kier molecular flexibility index (Phi) is 5.46. The van der Waals surface area contributed by atoms with Gasteiger partial charge in [0.15, 0.2) is 12.2 Å². The first-order valence-corrected chi connectivity index (χ1v) is 8.14. The van der Waals surface area contributed by atoms with E-state index in [-0.39, 0.29) is 5.75 Å². The number of hydrogen-bond acceptors (Lipinski definition) is 7. The maximum Gasteiger partial charge on any atom is 0.316 e. The maximum atomic E-state index is 11.9. The smallest absolute Gasteiger partial charge is 0.316 e. The van der Waals surface area contributed by atoms with Gasteiger partial charge in [-0.1, -0.05) is 23.9 Å². The van der Waals surface area contributed by atoms with Crippen molar-refractivity contribution >= 4 is 34.7 Å². The standard InChI is InChI=1S/C16H17N3O4S/c1-16(2,10-17)19(3)13(20)8-22-14(21)9-24-15-18-11-6-4-5-7-12(11)23-15/h4-7H,8-9H2,1-3H3. The van der Waals surface area contributed by atoms with E-state index in [1.165, 1.54) is 11.9 Å². The Morgan fingerprint density at radius 3 is 2.79 bits per heavy atom. The van der Waals surface area contributed by atoms with Gasteiger partial charge in [-0.05, 0) is 26.0 Å². The molecule has 0 radical (unpaired) electrons. The van der Waals surface area contributed by atoms with Gasteiger partial charge < -0.3 is 14.1 Å². The number of ether oxygens (including phenoxy) is 1.